The maximum absolute atomic E-state index is 12.5. The number of anilines is 1. The molecule has 0 radical (unpaired) electrons. The van der Waals surface area contributed by atoms with Crippen LogP contribution in [-0.2, 0) is 9.59 Å². The predicted octanol–water partition coefficient (Wildman–Crippen LogP) is 4.00. The van der Waals surface area contributed by atoms with Gasteiger partial charge in [-0.3, -0.25) is 9.59 Å². The van der Waals surface area contributed by atoms with Gasteiger partial charge in [0.25, 0.3) is 0 Å². The molecule has 0 saturated carbocycles. The fourth-order valence-corrected chi connectivity index (χ4v) is 3.29. The van der Waals surface area contributed by atoms with Gasteiger partial charge in [-0.05, 0) is 44.7 Å². The van der Waals surface area contributed by atoms with Gasteiger partial charge in [0.1, 0.15) is 0 Å². The van der Waals surface area contributed by atoms with Crippen molar-refractivity contribution in [2.75, 3.05) is 24.5 Å². The number of hydrogen-bond donors (Lipinski definition) is 0. The quantitative estimate of drug-likeness (QED) is 0.722. The Balaban J connectivity index is 2.92. The lowest BCUT2D eigenvalue weighted by atomic mass is 10.0. The van der Waals surface area contributed by atoms with Crippen molar-refractivity contribution < 1.29 is 9.59 Å². The number of aryl methyl sites for hydroxylation is 3. The maximum Gasteiger partial charge on any atom is 0.224 e. The topological polar surface area (TPSA) is 40.6 Å². The standard InChI is InChI=1S/C20H32N2O2/c1-7-10-21(11-8-2)19(24)9-12-22(18(6)23)20-16(4)13-15(3)14-17(20)5/h13-14H,7-12H2,1-6H3. The van der Waals surface area contributed by atoms with Crippen molar-refractivity contribution in [3.63, 3.8) is 0 Å². The molecule has 1 rings (SSSR count). The molecule has 1 aromatic rings. The van der Waals surface area contributed by atoms with Crippen molar-refractivity contribution in [3.05, 3.63) is 28.8 Å². The highest BCUT2D eigenvalue weighted by atomic mass is 16.2. The van der Waals surface area contributed by atoms with Crippen LogP contribution in [0, 0.1) is 20.8 Å². The predicted molar refractivity (Wildman–Crippen MR) is 100 cm³/mol. The van der Waals surface area contributed by atoms with E-state index in [0.29, 0.717) is 13.0 Å². The SMILES string of the molecule is CCCN(CCC)C(=O)CCN(C(C)=O)c1c(C)cc(C)cc1C. The Morgan fingerprint density at radius 3 is 1.83 bits per heavy atom. The summed E-state index contributed by atoms with van der Waals surface area (Å²) in [6.45, 7) is 13.8. The minimum Gasteiger partial charge on any atom is -0.343 e. The number of rotatable bonds is 8. The number of carbonyl (C=O) groups is 2. The van der Waals surface area contributed by atoms with E-state index in [2.05, 4.69) is 32.9 Å². The van der Waals surface area contributed by atoms with Crippen molar-refractivity contribution in [2.24, 2.45) is 0 Å². The van der Waals surface area contributed by atoms with Gasteiger partial charge in [-0.1, -0.05) is 31.5 Å². The van der Waals surface area contributed by atoms with Gasteiger partial charge in [0.2, 0.25) is 11.8 Å². The van der Waals surface area contributed by atoms with E-state index in [4.69, 9.17) is 0 Å². The molecule has 134 valence electrons. The van der Waals surface area contributed by atoms with E-state index in [1.165, 1.54) is 5.56 Å². The second-order valence-corrected chi connectivity index (χ2v) is 6.55. The number of benzene rings is 1. The molecule has 0 atom stereocenters. The van der Waals surface area contributed by atoms with Crippen LogP contribution in [0.15, 0.2) is 12.1 Å². The lowest BCUT2D eigenvalue weighted by Gasteiger charge is -2.27. The summed E-state index contributed by atoms with van der Waals surface area (Å²) in [6.07, 6.45) is 2.28. The van der Waals surface area contributed by atoms with Crippen LogP contribution in [0.25, 0.3) is 0 Å². The smallest absolute Gasteiger partial charge is 0.224 e. The summed E-state index contributed by atoms with van der Waals surface area (Å²) in [5, 5.41) is 0. The van der Waals surface area contributed by atoms with Gasteiger partial charge < -0.3 is 9.80 Å². The van der Waals surface area contributed by atoms with Gasteiger partial charge in [-0.25, -0.2) is 0 Å². The third kappa shape index (κ3) is 5.36. The Morgan fingerprint density at radius 2 is 1.42 bits per heavy atom. The molecule has 24 heavy (non-hydrogen) atoms. The highest BCUT2D eigenvalue weighted by Crippen LogP contribution is 2.26. The minimum absolute atomic E-state index is 0.0182. The van der Waals surface area contributed by atoms with Gasteiger partial charge in [0, 0.05) is 38.7 Å². The van der Waals surface area contributed by atoms with Crippen LogP contribution in [-0.4, -0.2) is 36.3 Å². The van der Waals surface area contributed by atoms with Crippen LogP contribution in [0.4, 0.5) is 5.69 Å². The van der Waals surface area contributed by atoms with Gasteiger partial charge in [0.05, 0.1) is 0 Å². The lowest BCUT2D eigenvalue weighted by Crippen LogP contribution is -2.37. The third-order valence-electron chi connectivity index (χ3n) is 4.17. The molecule has 0 unspecified atom stereocenters. The summed E-state index contributed by atoms with van der Waals surface area (Å²) in [5.41, 5.74) is 4.28. The van der Waals surface area contributed by atoms with Crippen LogP contribution in [0.3, 0.4) is 0 Å². The van der Waals surface area contributed by atoms with Crippen molar-refractivity contribution in [1.82, 2.24) is 4.90 Å². The summed E-state index contributed by atoms with van der Waals surface area (Å²) in [7, 11) is 0. The van der Waals surface area contributed by atoms with Gasteiger partial charge >= 0.3 is 0 Å². The first-order valence-electron chi connectivity index (χ1n) is 8.95. The number of carbonyl (C=O) groups excluding carboxylic acids is 2. The monoisotopic (exact) mass is 332 g/mol. The first kappa shape index (κ1) is 20.2. The molecule has 0 bridgehead atoms. The van der Waals surface area contributed by atoms with Crippen LogP contribution in [0.2, 0.25) is 0 Å². The third-order valence-corrected chi connectivity index (χ3v) is 4.17. The Morgan fingerprint density at radius 1 is 0.917 bits per heavy atom. The molecule has 0 fully saturated rings. The molecule has 0 aromatic heterocycles. The van der Waals surface area contributed by atoms with Crippen molar-refractivity contribution in [3.8, 4) is 0 Å². The Labute approximate surface area is 146 Å². The lowest BCUT2D eigenvalue weighted by molar-refractivity contribution is -0.131. The summed E-state index contributed by atoms with van der Waals surface area (Å²) >= 11 is 0. The minimum atomic E-state index is -0.0182. The molecule has 4 nitrogen and oxygen atoms in total. The molecule has 0 aliphatic carbocycles. The zero-order valence-electron chi connectivity index (χ0n) is 16.1. The van der Waals surface area contributed by atoms with E-state index < -0.39 is 0 Å². The van der Waals surface area contributed by atoms with Crippen LogP contribution in [0.5, 0.6) is 0 Å². The highest BCUT2D eigenvalue weighted by molar-refractivity contribution is 5.94. The highest BCUT2D eigenvalue weighted by Gasteiger charge is 2.19. The molecule has 4 heteroatoms. The zero-order valence-corrected chi connectivity index (χ0v) is 16.1. The van der Waals surface area contributed by atoms with E-state index in [0.717, 1.165) is 42.7 Å². The summed E-state index contributed by atoms with van der Waals surface area (Å²) in [4.78, 5) is 28.3. The van der Waals surface area contributed by atoms with Crippen molar-refractivity contribution >= 4 is 17.5 Å². The average Bonchev–Trinajstić information content (AvgIpc) is 2.48. The molecular weight excluding hydrogens is 300 g/mol. The van der Waals surface area contributed by atoms with Gasteiger partial charge in [0.15, 0.2) is 0 Å². The van der Waals surface area contributed by atoms with E-state index in [9.17, 15) is 9.59 Å². The second-order valence-electron chi connectivity index (χ2n) is 6.55. The molecule has 0 spiro atoms. The first-order valence-corrected chi connectivity index (χ1v) is 8.95. The van der Waals surface area contributed by atoms with E-state index in [-0.39, 0.29) is 11.8 Å². The molecular formula is C20H32N2O2. The molecule has 0 aliphatic rings. The summed E-state index contributed by atoms with van der Waals surface area (Å²) < 4.78 is 0. The number of amides is 2. The second kappa shape index (κ2) is 9.45. The van der Waals surface area contributed by atoms with Crippen LogP contribution in [0.1, 0.15) is 56.7 Å². The largest absolute Gasteiger partial charge is 0.343 e. The molecule has 0 saturated heterocycles. The molecule has 0 heterocycles. The van der Waals surface area contributed by atoms with Gasteiger partial charge in [-0.2, -0.15) is 0 Å². The number of hydrogen-bond acceptors (Lipinski definition) is 2. The zero-order chi connectivity index (χ0) is 18.3. The molecule has 0 aliphatic heterocycles. The summed E-state index contributed by atoms with van der Waals surface area (Å²) in [5.74, 6) is 0.114. The maximum atomic E-state index is 12.5. The van der Waals surface area contributed by atoms with Gasteiger partial charge in [-0.15, -0.1) is 0 Å². The average molecular weight is 332 g/mol. The molecule has 0 N–H and O–H groups in total. The van der Waals surface area contributed by atoms with Crippen molar-refractivity contribution in [1.29, 1.82) is 0 Å². The number of nitrogens with zero attached hydrogens (tertiary/aromatic N) is 2. The normalized spacial score (nSPS) is 10.6. The molecule has 2 amide bonds. The van der Waals surface area contributed by atoms with Crippen molar-refractivity contribution in [2.45, 2.75) is 60.8 Å². The Hall–Kier alpha value is -1.84. The Bertz CT molecular complexity index is 552. The van der Waals surface area contributed by atoms with E-state index in [1.54, 1.807) is 11.8 Å². The molecule has 1 aromatic carbocycles. The van der Waals surface area contributed by atoms with Crippen LogP contribution >= 0.6 is 0 Å². The Kier molecular flexibility index (Phi) is 7.96. The van der Waals surface area contributed by atoms with E-state index >= 15 is 0 Å². The summed E-state index contributed by atoms with van der Waals surface area (Å²) in [6, 6.07) is 4.17. The fraction of sp³-hybridized carbons (Fsp3) is 0.600. The van der Waals surface area contributed by atoms with E-state index in [1.807, 2.05) is 18.7 Å². The van der Waals surface area contributed by atoms with Crippen LogP contribution < -0.4 is 4.90 Å². The first-order chi connectivity index (χ1) is 11.3. The fourth-order valence-electron chi connectivity index (χ4n) is 3.29.